The van der Waals surface area contributed by atoms with Crippen molar-refractivity contribution in [1.29, 1.82) is 0 Å². The van der Waals surface area contributed by atoms with E-state index in [4.69, 9.17) is 0 Å². The van der Waals surface area contributed by atoms with E-state index in [2.05, 4.69) is 35.2 Å². The molecule has 16 heavy (non-hydrogen) atoms. The van der Waals surface area contributed by atoms with Crippen LogP contribution in [0.4, 0.5) is 5.95 Å². The van der Waals surface area contributed by atoms with Gasteiger partial charge >= 0.3 is 0 Å². The van der Waals surface area contributed by atoms with Crippen LogP contribution >= 0.6 is 23.1 Å². The monoisotopic (exact) mass is 253 g/mol. The van der Waals surface area contributed by atoms with Crippen molar-refractivity contribution in [3.8, 4) is 0 Å². The Balaban J connectivity index is 2.59. The molecule has 0 aliphatic rings. The number of thiophene rings is 1. The minimum absolute atomic E-state index is 0.716. The minimum Gasteiger partial charge on any atom is -0.357 e. The van der Waals surface area contributed by atoms with Crippen LogP contribution in [0.25, 0.3) is 10.2 Å². The smallest absolute Gasteiger partial charge is 0.224 e. The second-order valence-corrected chi connectivity index (χ2v) is 5.69. The van der Waals surface area contributed by atoms with Gasteiger partial charge in [-0.05, 0) is 18.2 Å². The Kier molecular flexibility index (Phi) is 3.66. The fourth-order valence-electron chi connectivity index (χ4n) is 1.48. The summed E-state index contributed by atoms with van der Waals surface area (Å²) in [7, 11) is 1.86. The molecule has 2 heterocycles. The first-order valence-corrected chi connectivity index (χ1v) is 7.19. The molecule has 0 aliphatic carbocycles. The van der Waals surface area contributed by atoms with Gasteiger partial charge in [-0.1, -0.05) is 13.8 Å². The molecule has 3 nitrogen and oxygen atoms in total. The van der Waals surface area contributed by atoms with E-state index in [0.29, 0.717) is 5.95 Å². The van der Waals surface area contributed by atoms with Crippen molar-refractivity contribution in [3.05, 3.63) is 10.9 Å². The van der Waals surface area contributed by atoms with Crippen LogP contribution in [-0.4, -0.2) is 22.8 Å². The van der Waals surface area contributed by atoms with Gasteiger partial charge in [0.1, 0.15) is 9.86 Å². The standard InChI is InChI=1S/C11H15N3S2/c1-4-7-6-8-9(15-5-2)13-11(12-3)14-10(8)16-7/h6H,4-5H2,1-3H3,(H,12,13,14). The Labute approximate surface area is 104 Å². The van der Waals surface area contributed by atoms with Gasteiger partial charge in [-0.15, -0.1) is 23.1 Å². The van der Waals surface area contributed by atoms with Gasteiger partial charge < -0.3 is 5.32 Å². The predicted octanol–water partition coefficient (Wildman–Crippen LogP) is 3.41. The average Bonchev–Trinajstić information content (AvgIpc) is 2.72. The number of aromatic nitrogens is 2. The number of aryl methyl sites for hydroxylation is 1. The number of rotatable bonds is 4. The molecule has 86 valence electrons. The Bertz CT molecular complexity index is 493. The van der Waals surface area contributed by atoms with Crippen LogP contribution in [0, 0.1) is 0 Å². The van der Waals surface area contributed by atoms with Gasteiger partial charge in [0.15, 0.2) is 0 Å². The maximum absolute atomic E-state index is 4.50. The molecular weight excluding hydrogens is 238 g/mol. The lowest BCUT2D eigenvalue weighted by molar-refractivity contribution is 1.10. The first kappa shape index (κ1) is 11.7. The summed E-state index contributed by atoms with van der Waals surface area (Å²) in [5.74, 6) is 1.75. The Hall–Kier alpha value is -0.810. The normalized spacial score (nSPS) is 10.9. The SMILES string of the molecule is CCSc1nc(NC)nc2sc(CC)cc12. The van der Waals surface area contributed by atoms with E-state index in [0.717, 1.165) is 22.0 Å². The summed E-state index contributed by atoms with van der Waals surface area (Å²) >= 11 is 3.54. The van der Waals surface area contributed by atoms with E-state index in [1.165, 1.54) is 10.3 Å². The Morgan fingerprint density at radius 1 is 1.38 bits per heavy atom. The van der Waals surface area contributed by atoms with Gasteiger partial charge in [0.2, 0.25) is 5.95 Å². The van der Waals surface area contributed by atoms with Gasteiger partial charge in [0, 0.05) is 17.3 Å². The molecule has 0 aliphatic heterocycles. The molecule has 2 aromatic rings. The van der Waals surface area contributed by atoms with Crippen molar-refractivity contribution in [2.24, 2.45) is 0 Å². The second kappa shape index (κ2) is 5.01. The molecule has 0 fully saturated rings. The molecule has 0 bridgehead atoms. The molecule has 0 saturated carbocycles. The van der Waals surface area contributed by atoms with E-state index in [9.17, 15) is 0 Å². The number of nitrogens with one attached hydrogen (secondary N) is 1. The van der Waals surface area contributed by atoms with E-state index < -0.39 is 0 Å². The molecule has 0 radical (unpaired) electrons. The number of hydrogen-bond donors (Lipinski definition) is 1. The maximum Gasteiger partial charge on any atom is 0.224 e. The van der Waals surface area contributed by atoms with Crippen LogP contribution < -0.4 is 5.32 Å². The first-order chi connectivity index (χ1) is 7.78. The van der Waals surface area contributed by atoms with Crippen LogP contribution in [0.3, 0.4) is 0 Å². The molecule has 0 aromatic carbocycles. The molecule has 2 aromatic heterocycles. The molecule has 0 saturated heterocycles. The number of nitrogens with zero attached hydrogens (tertiary/aromatic N) is 2. The summed E-state index contributed by atoms with van der Waals surface area (Å²) in [6, 6.07) is 2.22. The fraction of sp³-hybridized carbons (Fsp3) is 0.455. The average molecular weight is 253 g/mol. The van der Waals surface area contributed by atoms with Crippen molar-refractivity contribution in [2.75, 3.05) is 18.1 Å². The van der Waals surface area contributed by atoms with Gasteiger partial charge in [0.25, 0.3) is 0 Å². The summed E-state index contributed by atoms with van der Waals surface area (Å²) in [5, 5.41) is 5.31. The van der Waals surface area contributed by atoms with E-state index in [1.807, 2.05) is 7.05 Å². The zero-order valence-corrected chi connectivity index (χ0v) is 11.3. The Morgan fingerprint density at radius 2 is 2.19 bits per heavy atom. The lowest BCUT2D eigenvalue weighted by atomic mass is 10.3. The molecule has 5 heteroatoms. The van der Waals surface area contributed by atoms with Crippen molar-refractivity contribution in [3.63, 3.8) is 0 Å². The van der Waals surface area contributed by atoms with Crippen LogP contribution in [0.1, 0.15) is 18.7 Å². The van der Waals surface area contributed by atoms with Gasteiger partial charge in [0.05, 0.1) is 0 Å². The topological polar surface area (TPSA) is 37.8 Å². The lowest BCUT2D eigenvalue weighted by Crippen LogP contribution is -1.96. The zero-order chi connectivity index (χ0) is 11.5. The Morgan fingerprint density at radius 3 is 2.81 bits per heavy atom. The third-order valence-electron chi connectivity index (χ3n) is 2.26. The van der Waals surface area contributed by atoms with Crippen LogP contribution in [0.5, 0.6) is 0 Å². The van der Waals surface area contributed by atoms with Crippen LogP contribution in [0.15, 0.2) is 11.1 Å². The highest BCUT2D eigenvalue weighted by atomic mass is 32.2. The lowest BCUT2D eigenvalue weighted by Gasteiger charge is -2.03. The van der Waals surface area contributed by atoms with Crippen LogP contribution in [-0.2, 0) is 6.42 Å². The molecule has 0 unspecified atom stereocenters. The van der Waals surface area contributed by atoms with Crippen LogP contribution in [0.2, 0.25) is 0 Å². The molecule has 0 spiro atoms. The molecule has 0 atom stereocenters. The summed E-state index contributed by atoms with van der Waals surface area (Å²) in [4.78, 5) is 11.5. The number of fused-ring (bicyclic) bond motifs is 1. The largest absolute Gasteiger partial charge is 0.357 e. The summed E-state index contributed by atoms with van der Waals surface area (Å²) in [6.45, 7) is 4.31. The first-order valence-electron chi connectivity index (χ1n) is 5.39. The van der Waals surface area contributed by atoms with Gasteiger partial charge in [-0.25, -0.2) is 9.97 Å². The highest BCUT2D eigenvalue weighted by Crippen LogP contribution is 2.32. The van der Waals surface area contributed by atoms with Crippen molar-refractivity contribution >= 4 is 39.3 Å². The highest BCUT2D eigenvalue weighted by molar-refractivity contribution is 7.99. The zero-order valence-electron chi connectivity index (χ0n) is 9.70. The maximum atomic E-state index is 4.50. The summed E-state index contributed by atoms with van der Waals surface area (Å²) in [6.07, 6.45) is 1.06. The third-order valence-corrected chi connectivity index (χ3v) is 4.31. The molecule has 0 amide bonds. The predicted molar refractivity (Wildman–Crippen MR) is 72.7 cm³/mol. The molecular formula is C11H15N3S2. The number of hydrogen-bond acceptors (Lipinski definition) is 5. The van der Waals surface area contributed by atoms with Crippen molar-refractivity contribution in [1.82, 2.24) is 9.97 Å². The number of thioether (sulfide) groups is 1. The van der Waals surface area contributed by atoms with E-state index >= 15 is 0 Å². The summed E-state index contributed by atoms with van der Waals surface area (Å²) < 4.78 is 0. The van der Waals surface area contributed by atoms with Gasteiger partial charge in [-0.2, -0.15) is 0 Å². The molecule has 1 N–H and O–H groups in total. The third kappa shape index (κ3) is 2.15. The number of anilines is 1. The minimum atomic E-state index is 0.716. The fourth-order valence-corrected chi connectivity index (χ4v) is 3.25. The van der Waals surface area contributed by atoms with Crippen molar-refractivity contribution < 1.29 is 0 Å². The van der Waals surface area contributed by atoms with E-state index in [1.54, 1.807) is 23.1 Å². The van der Waals surface area contributed by atoms with E-state index in [-0.39, 0.29) is 0 Å². The second-order valence-electron chi connectivity index (χ2n) is 3.32. The quantitative estimate of drug-likeness (QED) is 0.669. The molecule has 2 rings (SSSR count). The van der Waals surface area contributed by atoms with Crippen molar-refractivity contribution in [2.45, 2.75) is 25.3 Å². The summed E-state index contributed by atoms with van der Waals surface area (Å²) in [5.41, 5.74) is 0. The highest BCUT2D eigenvalue weighted by Gasteiger charge is 2.10. The van der Waals surface area contributed by atoms with Gasteiger partial charge in [-0.3, -0.25) is 0 Å².